The summed E-state index contributed by atoms with van der Waals surface area (Å²) in [5.41, 5.74) is 15.5. The van der Waals surface area contributed by atoms with Crippen molar-refractivity contribution in [2.45, 2.75) is 19.3 Å². The number of nitrogen functional groups attached to an aromatic ring is 1. The van der Waals surface area contributed by atoms with Gasteiger partial charge < -0.3 is 11.1 Å². The van der Waals surface area contributed by atoms with Gasteiger partial charge in [-0.15, -0.1) is 0 Å². The van der Waals surface area contributed by atoms with Crippen molar-refractivity contribution in [3.05, 3.63) is 52.0 Å². The van der Waals surface area contributed by atoms with Crippen molar-refractivity contribution in [1.29, 1.82) is 5.53 Å². The van der Waals surface area contributed by atoms with Gasteiger partial charge in [0.15, 0.2) is 0 Å². The number of nitrogens with one attached hydrogen (secondary N) is 2. The highest BCUT2D eigenvalue weighted by Crippen LogP contribution is 2.34. The van der Waals surface area contributed by atoms with Crippen LogP contribution in [0.1, 0.15) is 19.4 Å². The molecule has 116 valence electrons. The van der Waals surface area contributed by atoms with Gasteiger partial charge in [-0.2, -0.15) is 5.11 Å². The van der Waals surface area contributed by atoms with Gasteiger partial charge in [0.05, 0.1) is 5.69 Å². The summed E-state index contributed by atoms with van der Waals surface area (Å²) < 4.78 is 0. The van der Waals surface area contributed by atoms with E-state index in [-0.39, 0.29) is 5.41 Å². The monoisotopic (exact) mass is 336 g/mol. The van der Waals surface area contributed by atoms with Gasteiger partial charge in [-0.05, 0) is 42.0 Å². The topological polar surface area (TPSA) is 74.3 Å². The third-order valence-corrected chi connectivity index (χ3v) is 4.09. The molecule has 2 aromatic carbocycles. The van der Waals surface area contributed by atoms with Crippen LogP contribution in [0.25, 0.3) is 0 Å². The zero-order valence-corrected chi connectivity index (χ0v) is 14.0. The molecule has 0 radical (unpaired) electrons. The van der Waals surface area contributed by atoms with Crippen molar-refractivity contribution in [1.82, 2.24) is 0 Å². The van der Waals surface area contributed by atoms with Crippen molar-refractivity contribution in [3.63, 3.8) is 0 Å². The zero-order valence-electron chi connectivity index (χ0n) is 12.5. The minimum Gasteiger partial charge on any atom is -0.399 e. The average molecular weight is 337 g/mol. The molecule has 0 amide bonds. The largest absolute Gasteiger partial charge is 0.399 e. The van der Waals surface area contributed by atoms with E-state index in [1.54, 1.807) is 24.3 Å². The Balaban J connectivity index is 2.23. The fourth-order valence-electron chi connectivity index (χ4n) is 2.22. The van der Waals surface area contributed by atoms with Crippen LogP contribution < -0.4 is 11.1 Å². The first-order valence-corrected chi connectivity index (χ1v) is 7.55. The number of hydrogen-bond donors (Lipinski definition) is 3. The molecule has 2 rings (SSSR count). The molecule has 0 saturated heterocycles. The van der Waals surface area contributed by atoms with E-state index in [1.807, 2.05) is 12.1 Å². The van der Waals surface area contributed by atoms with Gasteiger partial charge in [0.2, 0.25) is 0 Å². The van der Waals surface area contributed by atoms with Gasteiger partial charge in [0.1, 0.15) is 5.69 Å². The third kappa shape index (κ3) is 3.70. The molecule has 0 aliphatic rings. The number of halogens is 2. The van der Waals surface area contributed by atoms with E-state index in [4.69, 9.17) is 34.5 Å². The lowest BCUT2D eigenvalue weighted by molar-refractivity contribution is 0.557. The average Bonchev–Trinajstić information content (AvgIpc) is 2.48. The summed E-state index contributed by atoms with van der Waals surface area (Å²) in [4.78, 5) is 0. The molecule has 0 bridgehead atoms. The lowest BCUT2D eigenvalue weighted by Gasteiger charge is -2.27. The first-order chi connectivity index (χ1) is 10.3. The van der Waals surface area contributed by atoms with E-state index in [1.165, 1.54) is 0 Å². The maximum atomic E-state index is 7.23. The number of nitrogens with zero attached hydrogens (tertiary/aromatic N) is 1. The van der Waals surface area contributed by atoms with E-state index in [0.29, 0.717) is 28.0 Å². The van der Waals surface area contributed by atoms with E-state index in [2.05, 4.69) is 24.3 Å². The second-order valence-corrected chi connectivity index (χ2v) is 6.59. The number of benzene rings is 2. The first-order valence-electron chi connectivity index (χ1n) is 6.80. The van der Waals surface area contributed by atoms with Crippen LogP contribution in [0.4, 0.5) is 17.1 Å². The Morgan fingerprint density at radius 3 is 2.59 bits per heavy atom. The smallest absolute Gasteiger partial charge is 0.110 e. The minimum absolute atomic E-state index is 0.247. The lowest BCUT2D eigenvalue weighted by Crippen LogP contribution is -2.28. The molecule has 0 atom stereocenters. The highest BCUT2D eigenvalue weighted by Gasteiger charge is 2.24. The van der Waals surface area contributed by atoms with Crippen LogP contribution >= 0.6 is 23.2 Å². The lowest BCUT2D eigenvalue weighted by atomic mass is 9.84. The van der Waals surface area contributed by atoms with E-state index in [9.17, 15) is 0 Å². The van der Waals surface area contributed by atoms with Crippen LogP contribution in [0.15, 0.2) is 41.5 Å². The summed E-state index contributed by atoms with van der Waals surface area (Å²) in [5, 5.41) is 8.14. The van der Waals surface area contributed by atoms with Crippen molar-refractivity contribution >= 4 is 40.3 Å². The maximum Gasteiger partial charge on any atom is 0.110 e. The van der Waals surface area contributed by atoms with Crippen molar-refractivity contribution in [2.75, 3.05) is 17.6 Å². The van der Waals surface area contributed by atoms with Crippen LogP contribution in [0.2, 0.25) is 10.0 Å². The molecule has 0 aliphatic carbocycles. The molecule has 0 heterocycles. The fraction of sp³-hybridized carbons (Fsp3) is 0.250. The van der Waals surface area contributed by atoms with Gasteiger partial charge >= 0.3 is 0 Å². The molecule has 0 unspecified atom stereocenters. The molecule has 0 aromatic heterocycles. The van der Waals surface area contributed by atoms with Gasteiger partial charge in [0, 0.05) is 27.7 Å². The van der Waals surface area contributed by atoms with Gasteiger partial charge in [0.25, 0.3) is 0 Å². The molecule has 4 nitrogen and oxygen atoms in total. The molecule has 2 aromatic rings. The normalized spacial score (nSPS) is 11.3. The fourth-order valence-corrected chi connectivity index (χ4v) is 2.76. The van der Waals surface area contributed by atoms with Gasteiger partial charge in [-0.3, -0.25) is 0 Å². The number of rotatable bonds is 5. The van der Waals surface area contributed by atoms with Crippen LogP contribution in [-0.4, -0.2) is 6.54 Å². The summed E-state index contributed by atoms with van der Waals surface area (Å²) in [6.45, 7) is 4.76. The summed E-state index contributed by atoms with van der Waals surface area (Å²) in [5.74, 6) is 0. The maximum absolute atomic E-state index is 7.23. The predicted octanol–water partition coefficient (Wildman–Crippen LogP) is 5.63. The highest BCUT2D eigenvalue weighted by atomic mass is 35.5. The predicted molar refractivity (Wildman–Crippen MR) is 93.6 cm³/mol. The SMILES string of the molecule is CC(C)(CNc1ccc(N)cc1N=N)c1cc(Cl)ccc1Cl. The molecule has 4 N–H and O–H groups in total. The van der Waals surface area contributed by atoms with Crippen LogP contribution in [0.3, 0.4) is 0 Å². The van der Waals surface area contributed by atoms with Crippen LogP contribution in [-0.2, 0) is 5.41 Å². The molecular weight excluding hydrogens is 319 g/mol. The Hall–Kier alpha value is -1.78. The second kappa shape index (κ2) is 6.55. The van der Waals surface area contributed by atoms with Crippen molar-refractivity contribution < 1.29 is 0 Å². The van der Waals surface area contributed by atoms with E-state index in [0.717, 1.165) is 11.3 Å². The standard InChI is InChI=1S/C16H18Cl2N4/c1-16(2,12-7-10(17)3-5-13(12)18)9-21-14-6-4-11(19)8-15(14)22-20/h3-8,20-21H,9,19H2,1-2H3. The summed E-state index contributed by atoms with van der Waals surface area (Å²) >= 11 is 12.4. The number of nitrogens with two attached hydrogens (primary N) is 1. The zero-order chi connectivity index (χ0) is 16.3. The van der Waals surface area contributed by atoms with Gasteiger partial charge in [-0.25, -0.2) is 5.53 Å². The molecule has 0 fully saturated rings. The Labute approximate surface area is 140 Å². The molecule has 0 spiro atoms. The second-order valence-electron chi connectivity index (χ2n) is 5.75. The van der Waals surface area contributed by atoms with Gasteiger partial charge in [-0.1, -0.05) is 37.0 Å². The summed E-state index contributed by atoms with van der Waals surface area (Å²) in [7, 11) is 0. The Kier molecular flexibility index (Phi) is 4.94. The quantitative estimate of drug-likeness (QED) is 0.489. The summed E-state index contributed by atoms with van der Waals surface area (Å²) in [6.07, 6.45) is 0. The Bertz CT molecular complexity index is 699. The highest BCUT2D eigenvalue weighted by molar-refractivity contribution is 6.33. The molecule has 0 aliphatic heterocycles. The first kappa shape index (κ1) is 16.6. The van der Waals surface area contributed by atoms with Crippen molar-refractivity contribution in [2.24, 2.45) is 5.11 Å². The van der Waals surface area contributed by atoms with Crippen LogP contribution in [0, 0.1) is 5.53 Å². The van der Waals surface area contributed by atoms with E-state index >= 15 is 0 Å². The Morgan fingerprint density at radius 2 is 1.91 bits per heavy atom. The molecule has 0 saturated carbocycles. The van der Waals surface area contributed by atoms with E-state index < -0.39 is 0 Å². The Morgan fingerprint density at radius 1 is 1.18 bits per heavy atom. The molecular formula is C16H18Cl2N4. The van der Waals surface area contributed by atoms with Crippen LogP contribution in [0.5, 0.6) is 0 Å². The number of hydrogen-bond acceptors (Lipinski definition) is 4. The summed E-state index contributed by atoms with van der Waals surface area (Å²) in [6, 6.07) is 10.7. The minimum atomic E-state index is -0.247. The molecule has 22 heavy (non-hydrogen) atoms. The molecule has 6 heteroatoms. The number of anilines is 2. The third-order valence-electron chi connectivity index (χ3n) is 3.52. The van der Waals surface area contributed by atoms with Crippen molar-refractivity contribution in [3.8, 4) is 0 Å².